The predicted octanol–water partition coefficient (Wildman–Crippen LogP) is 6.79. The van der Waals surface area contributed by atoms with E-state index in [9.17, 15) is 9.18 Å². The molecule has 3 aromatic carbocycles. The Kier molecular flexibility index (Phi) is 5.86. The molecule has 2 aliphatic rings. The number of hydrogen-bond acceptors (Lipinski definition) is 4. The first-order chi connectivity index (χ1) is 19.0. The van der Waals surface area contributed by atoms with Crippen LogP contribution in [0.4, 0.5) is 4.39 Å². The van der Waals surface area contributed by atoms with Crippen LogP contribution in [0.2, 0.25) is 0 Å². The molecule has 0 fully saturated rings. The standard InChI is InChI=1S/C32H22BrFN2O2S/c1-18-9-12-24(26(33)15-18)27-14-11-22(38-27)17-28-31(37)36-30(20-6-4-7-21(34)16-20)25-13-10-19-5-2-3-8-23(19)29(25)35-32(36)39-28/h2-9,11-12,14-17,30H,10,13H2,1H3/b28-17+. The predicted molar refractivity (Wildman–Crippen MR) is 156 cm³/mol. The number of nitrogens with zero attached hydrogens (tertiary/aromatic N) is 2. The third-order valence-electron chi connectivity index (χ3n) is 7.33. The molecule has 7 heteroatoms. The van der Waals surface area contributed by atoms with E-state index in [-0.39, 0.29) is 11.4 Å². The fourth-order valence-electron chi connectivity index (χ4n) is 5.52. The van der Waals surface area contributed by atoms with Crippen LogP contribution in [0.25, 0.3) is 23.1 Å². The van der Waals surface area contributed by atoms with Crippen LogP contribution in [0.5, 0.6) is 0 Å². The molecule has 192 valence electrons. The van der Waals surface area contributed by atoms with Gasteiger partial charge in [0.2, 0.25) is 0 Å². The molecule has 0 bridgehead atoms. The van der Waals surface area contributed by atoms with E-state index in [0.29, 0.717) is 20.9 Å². The summed E-state index contributed by atoms with van der Waals surface area (Å²) in [7, 11) is 0. The fourth-order valence-corrected chi connectivity index (χ4v) is 7.19. The molecular formula is C32H22BrFN2O2S. The summed E-state index contributed by atoms with van der Waals surface area (Å²) in [5, 5.41) is 0. The van der Waals surface area contributed by atoms with Crippen LogP contribution < -0.4 is 14.9 Å². The van der Waals surface area contributed by atoms with Crippen LogP contribution in [0.3, 0.4) is 0 Å². The van der Waals surface area contributed by atoms with Gasteiger partial charge >= 0.3 is 0 Å². The number of furan rings is 1. The molecule has 0 saturated heterocycles. The number of benzene rings is 3. The quantitative estimate of drug-likeness (QED) is 0.230. The van der Waals surface area contributed by atoms with Crippen LogP contribution in [0, 0.1) is 12.7 Å². The average molecular weight is 598 g/mol. The highest BCUT2D eigenvalue weighted by Gasteiger charge is 2.32. The number of hydrogen-bond donors (Lipinski definition) is 0. The van der Waals surface area contributed by atoms with Gasteiger partial charge in [-0.15, -0.1) is 0 Å². The van der Waals surface area contributed by atoms with Crippen LogP contribution in [-0.2, 0) is 6.42 Å². The zero-order valence-electron chi connectivity index (χ0n) is 20.9. The fraction of sp³-hybridized carbons (Fsp3) is 0.125. The summed E-state index contributed by atoms with van der Waals surface area (Å²) < 4.78 is 23.7. The van der Waals surface area contributed by atoms with E-state index in [0.717, 1.165) is 50.8 Å². The Hall–Kier alpha value is -3.81. The third kappa shape index (κ3) is 4.17. The van der Waals surface area contributed by atoms with Crippen LogP contribution in [-0.4, -0.2) is 4.57 Å². The van der Waals surface area contributed by atoms with Gasteiger partial charge in [0.1, 0.15) is 17.3 Å². The molecule has 4 nitrogen and oxygen atoms in total. The van der Waals surface area contributed by atoms with E-state index >= 15 is 0 Å². The minimum atomic E-state index is -0.418. The lowest BCUT2D eigenvalue weighted by atomic mass is 9.83. The number of aryl methyl sites for hydroxylation is 2. The maximum absolute atomic E-state index is 14.4. The van der Waals surface area contributed by atoms with E-state index < -0.39 is 6.04 Å². The lowest BCUT2D eigenvalue weighted by Gasteiger charge is -2.30. The Bertz CT molecular complexity index is 2000. The monoisotopic (exact) mass is 596 g/mol. The number of thiazole rings is 1. The second kappa shape index (κ2) is 9.43. The van der Waals surface area contributed by atoms with Crippen molar-refractivity contribution in [1.29, 1.82) is 0 Å². The molecular weight excluding hydrogens is 575 g/mol. The van der Waals surface area contributed by atoms with Crippen molar-refractivity contribution in [3.05, 3.63) is 142 Å². The normalized spacial score (nSPS) is 16.5. The second-order valence-corrected chi connectivity index (χ2v) is 11.7. The van der Waals surface area contributed by atoms with Crippen LogP contribution in [0.1, 0.15) is 40.5 Å². The maximum Gasteiger partial charge on any atom is 0.271 e. The van der Waals surface area contributed by atoms with E-state index in [1.807, 2.05) is 55.5 Å². The Morgan fingerprint density at radius 2 is 1.90 bits per heavy atom. The molecule has 1 unspecified atom stereocenters. The van der Waals surface area contributed by atoms with Crippen molar-refractivity contribution in [3.8, 4) is 11.3 Å². The van der Waals surface area contributed by atoms with Gasteiger partial charge in [0.05, 0.1) is 16.3 Å². The topological polar surface area (TPSA) is 47.5 Å². The van der Waals surface area contributed by atoms with Gasteiger partial charge in [-0.05, 0) is 78.4 Å². The summed E-state index contributed by atoms with van der Waals surface area (Å²) in [6.07, 6.45) is 3.38. The van der Waals surface area contributed by atoms with Gasteiger partial charge in [-0.2, -0.15) is 0 Å². The van der Waals surface area contributed by atoms with E-state index in [4.69, 9.17) is 9.41 Å². The third-order valence-corrected chi connectivity index (χ3v) is 8.97. The van der Waals surface area contributed by atoms with Gasteiger partial charge in [0, 0.05) is 21.7 Å². The summed E-state index contributed by atoms with van der Waals surface area (Å²) in [5.41, 5.74) is 6.93. The number of fused-ring (bicyclic) bond motifs is 3. The highest BCUT2D eigenvalue weighted by molar-refractivity contribution is 9.10. The van der Waals surface area contributed by atoms with Gasteiger partial charge < -0.3 is 4.42 Å². The van der Waals surface area contributed by atoms with Gasteiger partial charge in [-0.3, -0.25) is 9.36 Å². The lowest BCUT2D eigenvalue weighted by molar-refractivity contribution is 0.569. The molecule has 0 spiro atoms. The van der Waals surface area contributed by atoms with Crippen LogP contribution >= 0.6 is 27.3 Å². The van der Waals surface area contributed by atoms with E-state index in [2.05, 4.69) is 28.1 Å². The van der Waals surface area contributed by atoms with Crippen molar-refractivity contribution in [2.45, 2.75) is 25.8 Å². The molecule has 0 radical (unpaired) electrons. The van der Waals surface area contributed by atoms with E-state index in [1.165, 1.54) is 29.0 Å². The van der Waals surface area contributed by atoms with Crippen molar-refractivity contribution in [1.82, 2.24) is 4.57 Å². The minimum Gasteiger partial charge on any atom is -0.457 e. The van der Waals surface area contributed by atoms with Crippen molar-refractivity contribution in [2.24, 2.45) is 4.99 Å². The number of halogens is 2. The smallest absolute Gasteiger partial charge is 0.271 e. The van der Waals surface area contributed by atoms with Gasteiger partial charge in [-0.25, -0.2) is 9.38 Å². The Labute approximate surface area is 236 Å². The molecule has 7 rings (SSSR count). The molecule has 39 heavy (non-hydrogen) atoms. The maximum atomic E-state index is 14.4. The first-order valence-electron chi connectivity index (χ1n) is 12.7. The Morgan fingerprint density at radius 1 is 1.03 bits per heavy atom. The highest BCUT2D eigenvalue weighted by atomic mass is 79.9. The van der Waals surface area contributed by atoms with Crippen molar-refractivity contribution >= 4 is 39.0 Å². The van der Waals surface area contributed by atoms with Crippen molar-refractivity contribution < 1.29 is 8.81 Å². The Balaban J connectivity index is 1.40. The molecule has 2 aromatic heterocycles. The number of aromatic nitrogens is 1. The minimum absolute atomic E-state index is 0.159. The summed E-state index contributed by atoms with van der Waals surface area (Å²) in [5.74, 6) is 0.972. The molecule has 5 aromatic rings. The molecule has 1 atom stereocenters. The lowest BCUT2D eigenvalue weighted by Crippen LogP contribution is -2.38. The summed E-state index contributed by atoms with van der Waals surface area (Å²) in [4.78, 5) is 19.5. The first-order valence-corrected chi connectivity index (χ1v) is 14.3. The number of allylic oxidation sites excluding steroid dienone is 1. The van der Waals surface area contributed by atoms with Crippen molar-refractivity contribution in [3.63, 3.8) is 0 Å². The average Bonchev–Trinajstić information content (AvgIpc) is 3.51. The van der Waals surface area contributed by atoms with Gasteiger partial charge in [-0.1, -0.05) is 69.7 Å². The molecule has 3 heterocycles. The largest absolute Gasteiger partial charge is 0.457 e. The van der Waals surface area contributed by atoms with E-state index in [1.54, 1.807) is 16.7 Å². The van der Waals surface area contributed by atoms with Gasteiger partial charge in [0.25, 0.3) is 5.56 Å². The molecule has 0 amide bonds. The number of rotatable bonds is 3. The first kappa shape index (κ1) is 24.2. The molecule has 1 aliphatic carbocycles. The SMILES string of the molecule is Cc1ccc(-c2ccc(/C=c3/sc4n(c3=O)C(c3cccc(F)c3)C3=C(N=4)c4ccccc4CC3)o2)c(Br)c1. The molecule has 0 saturated carbocycles. The summed E-state index contributed by atoms with van der Waals surface area (Å²) in [6, 6.07) is 24.2. The van der Waals surface area contributed by atoms with Crippen LogP contribution in [0.15, 0.2) is 103 Å². The Morgan fingerprint density at radius 3 is 2.74 bits per heavy atom. The summed E-state index contributed by atoms with van der Waals surface area (Å²) in [6.45, 7) is 2.04. The molecule has 1 aliphatic heterocycles. The summed E-state index contributed by atoms with van der Waals surface area (Å²) >= 11 is 4.95. The van der Waals surface area contributed by atoms with Crippen molar-refractivity contribution in [2.75, 3.05) is 0 Å². The zero-order chi connectivity index (χ0) is 26.7. The second-order valence-electron chi connectivity index (χ2n) is 9.85. The zero-order valence-corrected chi connectivity index (χ0v) is 23.4. The molecule has 0 N–H and O–H groups in total. The highest BCUT2D eigenvalue weighted by Crippen LogP contribution is 2.41. The van der Waals surface area contributed by atoms with Gasteiger partial charge in [0.15, 0.2) is 4.80 Å².